The van der Waals surface area contributed by atoms with Gasteiger partial charge in [-0.05, 0) is 13.3 Å². The number of amides is 3. The van der Waals surface area contributed by atoms with Crippen molar-refractivity contribution in [1.29, 1.82) is 0 Å². The van der Waals surface area contributed by atoms with E-state index in [2.05, 4.69) is 5.32 Å². The minimum absolute atomic E-state index is 0.0993. The van der Waals surface area contributed by atoms with Gasteiger partial charge in [-0.1, -0.05) is 0 Å². The average molecular weight is 242 g/mol. The molecule has 0 aliphatic carbocycles. The van der Waals surface area contributed by atoms with Crippen molar-refractivity contribution in [1.82, 2.24) is 10.2 Å². The Kier molecular flexibility index (Phi) is 2.78. The number of nitrogens with one attached hydrogen (secondary N) is 1. The van der Waals surface area contributed by atoms with Crippen molar-refractivity contribution in [2.75, 3.05) is 19.8 Å². The molecule has 2 aliphatic heterocycles. The molecule has 0 aromatic carbocycles. The number of hydrogen-bond donors (Lipinski definition) is 2. The van der Waals surface area contributed by atoms with Crippen LogP contribution in [-0.4, -0.2) is 53.2 Å². The molecule has 94 valence electrons. The Bertz CT molecular complexity index is 377. The molecule has 0 aromatic rings. The smallest absolute Gasteiger partial charge is 0.325 e. The van der Waals surface area contributed by atoms with E-state index in [9.17, 15) is 14.4 Å². The Morgan fingerprint density at radius 2 is 2.35 bits per heavy atom. The second-order valence-electron chi connectivity index (χ2n) is 4.48. The normalized spacial score (nSPS) is 33.0. The largest absolute Gasteiger partial charge is 0.480 e. The van der Waals surface area contributed by atoms with Crippen LogP contribution in [-0.2, 0) is 14.3 Å². The van der Waals surface area contributed by atoms with Crippen LogP contribution in [0.25, 0.3) is 0 Å². The van der Waals surface area contributed by atoms with Crippen LogP contribution < -0.4 is 5.32 Å². The lowest BCUT2D eigenvalue weighted by atomic mass is 9.85. The number of urea groups is 1. The van der Waals surface area contributed by atoms with Crippen LogP contribution in [0.3, 0.4) is 0 Å². The maximum Gasteiger partial charge on any atom is 0.325 e. The van der Waals surface area contributed by atoms with Crippen molar-refractivity contribution in [3.8, 4) is 0 Å². The van der Waals surface area contributed by atoms with Gasteiger partial charge in [0.2, 0.25) is 0 Å². The lowest BCUT2D eigenvalue weighted by Gasteiger charge is -2.27. The first-order valence-electron chi connectivity index (χ1n) is 5.39. The number of carbonyl (C=O) groups is 3. The number of rotatable bonds is 3. The third-order valence-electron chi connectivity index (χ3n) is 3.34. The maximum absolute atomic E-state index is 12.1. The molecule has 0 spiro atoms. The lowest BCUT2D eigenvalue weighted by Crippen LogP contribution is -2.51. The topological polar surface area (TPSA) is 95.9 Å². The molecule has 7 heteroatoms. The van der Waals surface area contributed by atoms with E-state index in [1.165, 1.54) is 0 Å². The number of carbonyl (C=O) groups excluding carboxylic acids is 2. The molecule has 2 rings (SSSR count). The summed E-state index contributed by atoms with van der Waals surface area (Å²) < 4.78 is 5.20. The summed E-state index contributed by atoms with van der Waals surface area (Å²) in [5.41, 5.74) is -1.04. The second-order valence-corrected chi connectivity index (χ2v) is 4.48. The van der Waals surface area contributed by atoms with Crippen molar-refractivity contribution < 1.29 is 24.2 Å². The molecule has 0 saturated carbocycles. The molecule has 2 atom stereocenters. The molecule has 2 unspecified atom stereocenters. The van der Waals surface area contributed by atoms with Crippen LogP contribution in [0.1, 0.15) is 13.3 Å². The molecule has 3 amide bonds. The highest BCUT2D eigenvalue weighted by Gasteiger charge is 2.53. The summed E-state index contributed by atoms with van der Waals surface area (Å²) in [5, 5.41) is 11.2. The van der Waals surface area contributed by atoms with Crippen molar-refractivity contribution >= 4 is 17.9 Å². The molecule has 2 aliphatic rings. The Morgan fingerprint density at radius 3 is 2.88 bits per heavy atom. The highest BCUT2D eigenvalue weighted by molar-refractivity contribution is 6.08. The zero-order valence-electron chi connectivity index (χ0n) is 9.43. The number of imide groups is 1. The highest BCUT2D eigenvalue weighted by atomic mass is 16.5. The molecule has 0 aromatic heterocycles. The quantitative estimate of drug-likeness (QED) is 0.645. The number of hydrogen-bond acceptors (Lipinski definition) is 4. The first-order valence-corrected chi connectivity index (χ1v) is 5.39. The lowest BCUT2D eigenvalue weighted by molar-refractivity contribution is -0.143. The number of nitrogens with zero attached hydrogens (tertiary/aromatic N) is 1. The fraction of sp³-hybridized carbons (Fsp3) is 0.700. The summed E-state index contributed by atoms with van der Waals surface area (Å²) in [6.07, 6.45) is 0.684. The van der Waals surface area contributed by atoms with Crippen LogP contribution in [0.5, 0.6) is 0 Å². The zero-order valence-corrected chi connectivity index (χ0v) is 9.43. The summed E-state index contributed by atoms with van der Waals surface area (Å²) in [7, 11) is 0. The maximum atomic E-state index is 12.1. The average Bonchev–Trinajstić information content (AvgIpc) is 2.83. The van der Waals surface area contributed by atoms with Gasteiger partial charge in [0.05, 0.1) is 6.61 Å². The van der Waals surface area contributed by atoms with Crippen molar-refractivity contribution in [3.05, 3.63) is 0 Å². The first kappa shape index (κ1) is 11.8. The molecule has 17 heavy (non-hydrogen) atoms. The predicted molar refractivity (Wildman–Crippen MR) is 55.2 cm³/mol. The summed E-state index contributed by atoms with van der Waals surface area (Å²) in [6, 6.07) is -0.646. The molecular weight excluding hydrogens is 228 g/mol. The zero-order chi connectivity index (χ0) is 12.6. The number of carboxylic acids is 1. The van der Waals surface area contributed by atoms with Gasteiger partial charge in [0.15, 0.2) is 0 Å². The predicted octanol–water partition coefficient (Wildman–Crippen LogP) is -0.582. The Morgan fingerprint density at radius 1 is 1.65 bits per heavy atom. The van der Waals surface area contributed by atoms with E-state index in [4.69, 9.17) is 9.84 Å². The molecule has 2 fully saturated rings. The molecule has 2 N–H and O–H groups in total. The van der Waals surface area contributed by atoms with Gasteiger partial charge in [-0.25, -0.2) is 4.79 Å². The molecule has 7 nitrogen and oxygen atoms in total. The Hall–Kier alpha value is -1.63. The van der Waals surface area contributed by atoms with E-state index < -0.39 is 30.0 Å². The van der Waals surface area contributed by atoms with Crippen LogP contribution in [0, 0.1) is 5.92 Å². The van der Waals surface area contributed by atoms with Crippen LogP contribution in [0.4, 0.5) is 4.79 Å². The molecule has 0 radical (unpaired) electrons. The fourth-order valence-corrected chi connectivity index (χ4v) is 2.26. The van der Waals surface area contributed by atoms with Gasteiger partial charge < -0.3 is 15.2 Å². The Labute approximate surface area is 97.7 Å². The summed E-state index contributed by atoms with van der Waals surface area (Å²) in [5.74, 6) is -1.79. The van der Waals surface area contributed by atoms with Gasteiger partial charge in [-0.2, -0.15) is 0 Å². The highest BCUT2D eigenvalue weighted by Crippen LogP contribution is 2.31. The standard InChI is InChI=1S/C10H14N2O5/c1-10(6-2-3-17-5-6)8(15)12(4-7(13)14)9(16)11-10/h6H,2-5H2,1H3,(H,11,16)(H,13,14). The third-order valence-corrected chi connectivity index (χ3v) is 3.34. The van der Waals surface area contributed by atoms with Gasteiger partial charge in [0.25, 0.3) is 5.91 Å². The van der Waals surface area contributed by atoms with E-state index in [0.29, 0.717) is 19.6 Å². The third kappa shape index (κ3) is 1.86. The monoisotopic (exact) mass is 242 g/mol. The van der Waals surface area contributed by atoms with Crippen molar-refractivity contribution in [2.24, 2.45) is 5.92 Å². The molecular formula is C10H14N2O5. The van der Waals surface area contributed by atoms with Crippen LogP contribution in [0.15, 0.2) is 0 Å². The number of carboxylic acid groups (broad SMARTS) is 1. The van der Waals surface area contributed by atoms with E-state index in [1.807, 2.05) is 0 Å². The van der Waals surface area contributed by atoms with Gasteiger partial charge in [0.1, 0.15) is 12.1 Å². The van der Waals surface area contributed by atoms with E-state index in [1.54, 1.807) is 6.92 Å². The minimum atomic E-state index is -1.21. The molecule has 2 heterocycles. The van der Waals surface area contributed by atoms with E-state index >= 15 is 0 Å². The van der Waals surface area contributed by atoms with E-state index in [0.717, 1.165) is 4.90 Å². The van der Waals surface area contributed by atoms with Gasteiger partial charge in [0, 0.05) is 12.5 Å². The first-order chi connectivity index (χ1) is 7.95. The number of aliphatic carboxylic acids is 1. The van der Waals surface area contributed by atoms with E-state index in [-0.39, 0.29) is 5.92 Å². The summed E-state index contributed by atoms with van der Waals surface area (Å²) in [4.78, 5) is 35.0. The fourth-order valence-electron chi connectivity index (χ4n) is 2.26. The van der Waals surface area contributed by atoms with Crippen LogP contribution in [0.2, 0.25) is 0 Å². The van der Waals surface area contributed by atoms with Crippen molar-refractivity contribution in [2.45, 2.75) is 18.9 Å². The van der Waals surface area contributed by atoms with Gasteiger partial charge in [-0.15, -0.1) is 0 Å². The van der Waals surface area contributed by atoms with Gasteiger partial charge in [-0.3, -0.25) is 14.5 Å². The second kappa shape index (κ2) is 3.99. The number of ether oxygens (including phenoxy) is 1. The SMILES string of the molecule is CC1(C2CCOC2)NC(=O)N(CC(=O)O)C1=O. The van der Waals surface area contributed by atoms with Crippen LogP contribution >= 0.6 is 0 Å². The Balaban J connectivity index is 2.18. The van der Waals surface area contributed by atoms with Gasteiger partial charge >= 0.3 is 12.0 Å². The molecule has 2 saturated heterocycles. The van der Waals surface area contributed by atoms with Crippen molar-refractivity contribution in [3.63, 3.8) is 0 Å². The minimum Gasteiger partial charge on any atom is -0.480 e. The summed E-state index contributed by atoms with van der Waals surface area (Å²) >= 11 is 0. The molecule has 0 bridgehead atoms. The summed E-state index contributed by atoms with van der Waals surface area (Å²) in [6.45, 7) is 1.98.